The molecular formula is C10H19NO. The third-order valence-electron chi connectivity index (χ3n) is 4.33. The average Bonchev–Trinajstić information content (AvgIpc) is 2.42. The molecule has 1 unspecified atom stereocenters. The molecule has 2 aliphatic carbocycles. The quantitative estimate of drug-likeness (QED) is 0.653. The fraction of sp³-hybridized carbons (Fsp3) is 1.00. The van der Waals surface area contributed by atoms with Gasteiger partial charge < -0.3 is 10.4 Å². The average molecular weight is 169 g/mol. The summed E-state index contributed by atoms with van der Waals surface area (Å²) in [6.07, 6.45) is 7.81. The zero-order valence-electron chi connectivity index (χ0n) is 7.90. The zero-order valence-corrected chi connectivity index (χ0v) is 7.90. The van der Waals surface area contributed by atoms with Crippen molar-refractivity contribution in [3.63, 3.8) is 0 Å². The third kappa shape index (κ3) is 0.826. The molecule has 0 aromatic rings. The molecule has 2 aliphatic rings. The van der Waals surface area contributed by atoms with Crippen LogP contribution in [-0.4, -0.2) is 24.3 Å². The van der Waals surface area contributed by atoms with Gasteiger partial charge in [-0.25, -0.2) is 0 Å². The highest BCUT2D eigenvalue weighted by molar-refractivity contribution is 5.11. The molecule has 1 atom stereocenters. The summed E-state index contributed by atoms with van der Waals surface area (Å²) in [7, 11) is 2.00. The van der Waals surface area contributed by atoms with Gasteiger partial charge in [0.05, 0.1) is 6.61 Å². The van der Waals surface area contributed by atoms with Gasteiger partial charge in [-0.1, -0.05) is 12.8 Å². The van der Waals surface area contributed by atoms with Crippen molar-refractivity contribution >= 4 is 0 Å². The van der Waals surface area contributed by atoms with E-state index in [-0.39, 0.29) is 5.54 Å². The van der Waals surface area contributed by atoms with Crippen molar-refractivity contribution in [3.05, 3.63) is 0 Å². The second kappa shape index (κ2) is 2.71. The summed E-state index contributed by atoms with van der Waals surface area (Å²) >= 11 is 0. The Kier molecular flexibility index (Phi) is 1.92. The monoisotopic (exact) mass is 169 g/mol. The van der Waals surface area contributed by atoms with E-state index in [0.717, 1.165) is 0 Å². The summed E-state index contributed by atoms with van der Waals surface area (Å²) < 4.78 is 0. The summed E-state index contributed by atoms with van der Waals surface area (Å²) in [5.74, 6) is 0. The van der Waals surface area contributed by atoms with Gasteiger partial charge in [-0.3, -0.25) is 0 Å². The summed E-state index contributed by atoms with van der Waals surface area (Å²) in [5.41, 5.74) is 0.543. The Bertz CT molecular complexity index is 171. The van der Waals surface area contributed by atoms with Gasteiger partial charge in [0, 0.05) is 5.54 Å². The predicted octanol–water partition coefficient (Wildman–Crippen LogP) is 1.29. The highest BCUT2D eigenvalue weighted by Crippen LogP contribution is 2.58. The lowest BCUT2D eigenvalue weighted by Gasteiger charge is -2.51. The van der Waals surface area contributed by atoms with Gasteiger partial charge in [0.25, 0.3) is 0 Å². The Morgan fingerprint density at radius 2 is 1.75 bits per heavy atom. The lowest BCUT2D eigenvalue weighted by molar-refractivity contribution is -0.00545. The van der Waals surface area contributed by atoms with Gasteiger partial charge in [0.15, 0.2) is 0 Å². The SMILES string of the molecule is CNC1(CO)CCCC12CCC2. The number of aliphatic hydroxyl groups excluding tert-OH is 1. The summed E-state index contributed by atoms with van der Waals surface area (Å²) in [5, 5.41) is 12.8. The topological polar surface area (TPSA) is 32.3 Å². The van der Waals surface area contributed by atoms with Gasteiger partial charge in [0.1, 0.15) is 0 Å². The smallest absolute Gasteiger partial charge is 0.0618 e. The Balaban J connectivity index is 2.21. The van der Waals surface area contributed by atoms with E-state index in [4.69, 9.17) is 0 Å². The molecule has 0 bridgehead atoms. The van der Waals surface area contributed by atoms with Crippen LogP contribution in [0.5, 0.6) is 0 Å². The number of nitrogens with one attached hydrogen (secondary N) is 1. The molecule has 2 nitrogen and oxygen atoms in total. The molecule has 2 rings (SSSR count). The van der Waals surface area contributed by atoms with E-state index in [1.165, 1.54) is 38.5 Å². The van der Waals surface area contributed by atoms with Crippen molar-refractivity contribution in [1.29, 1.82) is 0 Å². The van der Waals surface area contributed by atoms with Crippen LogP contribution in [0.2, 0.25) is 0 Å². The zero-order chi connectivity index (χ0) is 8.66. The molecule has 0 amide bonds. The molecule has 2 heteroatoms. The van der Waals surface area contributed by atoms with Crippen LogP contribution in [0.15, 0.2) is 0 Å². The van der Waals surface area contributed by atoms with Crippen LogP contribution in [0.4, 0.5) is 0 Å². The van der Waals surface area contributed by atoms with Crippen molar-refractivity contribution in [3.8, 4) is 0 Å². The molecule has 0 saturated heterocycles. The molecule has 2 N–H and O–H groups in total. The molecule has 0 aliphatic heterocycles. The van der Waals surface area contributed by atoms with Gasteiger partial charge in [-0.15, -0.1) is 0 Å². The van der Waals surface area contributed by atoms with Crippen LogP contribution in [-0.2, 0) is 0 Å². The van der Waals surface area contributed by atoms with Crippen molar-refractivity contribution in [2.24, 2.45) is 5.41 Å². The maximum absolute atomic E-state index is 9.45. The minimum absolute atomic E-state index is 0.0747. The van der Waals surface area contributed by atoms with Gasteiger partial charge in [-0.2, -0.15) is 0 Å². The second-order valence-corrected chi connectivity index (χ2v) is 4.48. The lowest BCUT2D eigenvalue weighted by atomic mass is 9.59. The van der Waals surface area contributed by atoms with Crippen LogP contribution < -0.4 is 5.32 Å². The highest BCUT2D eigenvalue weighted by Gasteiger charge is 2.56. The molecule has 0 aromatic heterocycles. The maximum Gasteiger partial charge on any atom is 0.0618 e. The molecule has 2 fully saturated rings. The number of hydrogen-bond acceptors (Lipinski definition) is 2. The fourth-order valence-electron chi connectivity index (χ4n) is 3.28. The summed E-state index contributed by atoms with van der Waals surface area (Å²) in [4.78, 5) is 0. The van der Waals surface area contributed by atoms with Crippen LogP contribution in [0.3, 0.4) is 0 Å². The standard InChI is InChI=1S/C10H19NO/c1-11-10(8-12)7-3-6-9(10)4-2-5-9/h11-12H,2-8H2,1H3. The van der Waals surface area contributed by atoms with Gasteiger partial charge >= 0.3 is 0 Å². The first-order valence-electron chi connectivity index (χ1n) is 5.08. The Labute approximate surface area is 74.4 Å². The Hall–Kier alpha value is -0.0800. The first-order valence-corrected chi connectivity index (χ1v) is 5.08. The first kappa shape index (κ1) is 8.52. The van der Waals surface area contributed by atoms with E-state index in [2.05, 4.69) is 5.32 Å². The van der Waals surface area contributed by atoms with Crippen LogP contribution in [0.25, 0.3) is 0 Å². The van der Waals surface area contributed by atoms with E-state index in [0.29, 0.717) is 12.0 Å². The second-order valence-electron chi connectivity index (χ2n) is 4.48. The normalized spacial score (nSPS) is 38.5. The summed E-state index contributed by atoms with van der Waals surface area (Å²) in [6, 6.07) is 0. The molecule has 0 radical (unpaired) electrons. The van der Waals surface area contributed by atoms with Crippen molar-refractivity contribution < 1.29 is 5.11 Å². The molecule has 2 saturated carbocycles. The minimum atomic E-state index is 0.0747. The number of rotatable bonds is 2. The van der Waals surface area contributed by atoms with Gasteiger partial charge in [0.2, 0.25) is 0 Å². The molecule has 1 spiro atoms. The van der Waals surface area contributed by atoms with Crippen LogP contribution >= 0.6 is 0 Å². The van der Waals surface area contributed by atoms with Gasteiger partial charge in [-0.05, 0) is 38.1 Å². The van der Waals surface area contributed by atoms with Crippen molar-refractivity contribution in [2.45, 2.75) is 44.1 Å². The third-order valence-corrected chi connectivity index (χ3v) is 4.33. The number of aliphatic hydroxyl groups is 1. The predicted molar refractivity (Wildman–Crippen MR) is 49.0 cm³/mol. The lowest BCUT2D eigenvalue weighted by Crippen LogP contribution is -2.59. The van der Waals surface area contributed by atoms with E-state index in [9.17, 15) is 5.11 Å². The van der Waals surface area contributed by atoms with Crippen LogP contribution in [0.1, 0.15) is 38.5 Å². The summed E-state index contributed by atoms with van der Waals surface area (Å²) in [6.45, 7) is 0.323. The minimum Gasteiger partial charge on any atom is -0.394 e. The van der Waals surface area contributed by atoms with Crippen molar-refractivity contribution in [1.82, 2.24) is 5.32 Å². The number of hydrogen-bond donors (Lipinski definition) is 2. The largest absolute Gasteiger partial charge is 0.394 e. The number of likely N-dealkylation sites (N-methyl/N-ethyl adjacent to an activating group) is 1. The fourth-order valence-corrected chi connectivity index (χ4v) is 3.28. The van der Waals surface area contributed by atoms with E-state index in [1.807, 2.05) is 7.05 Å². The highest BCUT2D eigenvalue weighted by atomic mass is 16.3. The van der Waals surface area contributed by atoms with E-state index >= 15 is 0 Å². The van der Waals surface area contributed by atoms with Crippen LogP contribution in [0, 0.1) is 5.41 Å². The molecular weight excluding hydrogens is 150 g/mol. The van der Waals surface area contributed by atoms with Crippen molar-refractivity contribution in [2.75, 3.05) is 13.7 Å². The Morgan fingerprint density at radius 1 is 1.17 bits per heavy atom. The molecule has 70 valence electrons. The maximum atomic E-state index is 9.45. The molecule has 12 heavy (non-hydrogen) atoms. The molecule has 0 aromatic carbocycles. The first-order chi connectivity index (χ1) is 5.79. The van der Waals surface area contributed by atoms with E-state index in [1.54, 1.807) is 0 Å². The Morgan fingerprint density at radius 3 is 2.08 bits per heavy atom. The van der Waals surface area contributed by atoms with E-state index < -0.39 is 0 Å². The molecule has 0 heterocycles.